The second kappa shape index (κ2) is 10.3. The number of nitrogens with zero attached hydrogens (tertiary/aromatic N) is 2. The standard InChI is InChI=1S/C27H26N4O5S/c1-16-14-17(2)25(18(3)15-16)36-27-21(12-13-22(29-27)19-8-10-20(35-4)11-9-19)26(32)31-37(33,34)24-7-5-6-23(28)30-24/h5-15H,1-4H3,(H2,28,30)(H,31,32). The summed E-state index contributed by atoms with van der Waals surface area (Å²) >= 11 is 0. The zero-order chi connectivity index (χ0) is 26.7. The first-order chi connectivity index (χ1) is 17.6. The first-order valence-electron chi connectivity index (χ1n) is 11.3. The number of aromatic nitrogens is 2. The van der Waals surface area contributed by atoms with E-state index < -0.39 is 15.9 Å². The lowest BCUT2D eigenvalue weighted by molar-refractivity contribution is 0.0978. The van der Waals surface area contributed by atoms with Crippen molar-refractivity contribution in [2.45, 2.75) is 25.8 Å². The number of methoxy groups -OCH3 is 1. The number of nitrogen functional groups attached to an aromatic ring is 1. The smallest absolute Gasteiger partial charge is 0.281 e. The van der Waals surface area contributed by atoms with Crippen LogP contribution in [-0.4, -0.2) is 31.4 Å². The van der Waals surface area contributed by atoms with E-state index >= 15 is 0 Å². The van der Waals surface area contributed by atoms with Crippen molar-refractivity contribution in [3.05, 3.63) is 89.0 Å². The highest BCUT2D eigenvalue weighted by atomic mass is 32.2. The summed E-state index contributed by atoms with van der Waals surface area (Å²) < 4.78 is 39.0. The van der Waals surface area contributed by atoms with Crippen LogP contribution in [0.5, 0.6) is 17.4 Å². The van der Waals surface area contributed by atoms with Gasteiger partial charge in [0.25, 0.3) is 15.9 Å². The van der Waals surface area contributed by atoms with Gasteiger partial charge < -0.3 is 15.2 Å². The van der Waals surface area contributed by atoms with Gasteiger partial charge in [0.15, 0.2) is 5.03 Å². The van der Waals surface area contributed by atoms with Crippen LogP contribution >= 0.6 is 0 Å². The van der Waals surface area contributed by atoms with Gasteiger partial charge in [0.2, 0.25) is 5.88 Å². The van der Waals surface area contributed by atoms with Gasteiger partial charge in [-0.2, -0.15) is 8.42 Å². The van der Waals surface area contributed by atoms with Crippen molar-refractivity contribution in [2.24, 2.45) is 0 Å². The Kier molecular flexibility index (Phi) is 7.12. The molecule has 3 N–H and O–H groups in total. The van der Waals surface area contributed by atoms with Gasteiger partial charge in [0, 0.05) is 5.56 Å². The Morgan fingerprint density at radius 3 is 2.22 bits per heavy atom. The number of rotatable bonds is 7. The third kappa shape index (κ3) is 5.70. The van der Waals surface area contributed by atoms with Crippen molar-refractivity contribution >= 4 is 21.7 Å². The molecule has 0 bridgehead atoms. The number of carbonyl (C=O) groups is 1. The molecule has 0 aliphatic carbocycles. The fourth-order valence-electron chi connectivity index (χ4n) is 3.85. The molecule has 0 fully saturated rings. The number of anilines is 1. The van der Waals surface area contributed by atoms with E-state index in [2.05, 4.69) is 9.97 Å². The molecule has 0 atom stereocenters. The number of nitrogens with one attached hydrogen (secondary N) is 1. The number of pyridine rings is 2. The number of sulfonamides is 1. The molecule has 0 unspecified atom stereocenters. The zero-order valence-electron chi connectivity index (χ0n) is 20.8. The predicted molar refractivity (Wildman–Crippen MR) is 140 cm³/mol. The molecule has 2 aromatic heterocycles. The third-order valence-corrected chi connectivity index (χ3v) is 6.77. The van der Waals surface area contributed by atoms with Crippen LogP contribution in [-0.2, 0) is 10.0 Å². The van der Waals surface area contributed by atoms with Crippen LogP contribution in [0.1, 0.15) is 27.0 Å². The SMILES string of the molecule is COc1ccc(-c2ccc(C(=O)NS(=O)(=O)c3cccc(N)n3)c(Oc3c(C)cc(C)cc3C)n2)cc1. The third-order valence-electron chi connectivity index (χ3n) is 5.54. The second-order valence-electron chi connectivity index (χ2n) is 8.44. The lowest BCUT2D eigenvalue weighted by atomic mass is 10.1. The zero-order valence-corrected chi connectivity index (χ0v) is 21.6. The second-order valence-corrected chi connectivity index (χ2v) is 10.1. The van der Waals surface area contributed by atoms with E-state index in [1.807, 2.05) is 49.8 Å². The van der Waals surface area contributed by atoms with Crippen molar-refractivity contribution < 1.29 is 22.7 Å². The summed E-state index contributed by atoms with van der Waals surface area (Å²) in [7, 11) is -2.72. The molecule has 4 aromatic rings. The highest BCUT2D eigenvalue weighted by Gasteiger charge is 2.25. The Balaban J connectivity index is 1.77. The maximum Gasteiger partial charge on any atom is 0.281 e. The van der Waals surface area contributed by atoms with Gasteiger partial charge in [-0.1, -0.05) is 23.8 Å². The lowest BCUT2D eigenvalue weighted by Crippen LogP contribution is -2.31. The maximum atomic E-state index is 13.2. The first kappa shape index (κ1) is 25.6. The van der Waals surface area contributed by atoms with Gasteiger partial charge in [-0.3, -0.25) is 4.79 Å². The van der Waals surface area contributed by atoms with Gasteiger partial charge in [0.1, 0.15) is 22.9 Å². The fourth-order valence-corrected chi connectivity index (χ4v) is 4.79. The number of amides is 1. The normalized spacial score (nSPS) is 11.1. The number of hydrogen-bond donors (Lipinski definition) is 2. The largest absolute Gasteiger partial charge is 0.497 e. The molecule has 0 aliphatic heterocycles. The molecule has 37 heavy (non-hydrogen) atoms. The van der Waals surface area contributed by atoms with Crippen molar-refractivity contribution in [3.8, 4) is 28.6 Å². The summed E-state index contributed by atoms with van der Waals surface area (Å²) in [5.41, 5.74) is 9.57. The lowest BCUT2D eigenvalue weighted by Gasteiger charge is -2.16. The molecule has 4 rings (SSSR count). The summed E-state index contributed by atoms with van der Waals surface area (Å²) in [6.45, 7) is 5.75. The molecule has 0 spiro atoms. The van der Waals surface area contributed by atoms with Gasteiger partial charge in [-0.25, -0.2) is 14.7 Å². The maximum absolute atomic E-state index is 13.2. The Morgan fingerprint density at radius 1 is 0.919 bits per heavy atom. The summed E-state index contributed by atoms with van der Waals surface area (Å²) in [6, 6.07) is 18.3. The molecule has 0 saturated heterocycles. The Hall–Kier alpha value is -4.44. The van der Waals surface area contributed by atoms with Crippen LogP contribution in [0.3, 0.4) is 0 Å². The molecule has 0 aliphatic rings. The topological polar surface area (TPSA) is 134 Å². The molecule has 0 radical (unpaired) electrons. The van der Waals surface area contributed by atoms with E-state index in [-0.39, 0.29) is 22.3 Å². The van der Waals surface area contributed by atoms with Crippen molar-refractivity contribution in [1.82, 2.24) is 14.7 Å². The monoisotopic (exact) mass is 518 g/mol. The van der Waals surface area contributed by atoms with Gasteiger partial charge in [0.05, 0.1) is 12.8 Å². The van der Waals surface area contributed by atoms with Crippen LogP contribution in [0.25, 0.3) is 11.3 Å². The van der Waals surface area contributed by atoms with Crippen molar-refractivity contribution in [3.63, 3.8) is 0 Å². The van der Waals surface area contributed by atoms with Crippen molar-refractivity contribution in [2.75, 3.05) is 12.8 Å². The highest BCUT2D eigenvalue weighted by Crippen LogP contribution is 2.33. The van der Waals surface area contributed by atoms with Crippen LogP contribution in [0.15, 0.2) is 71.8 Å². The first-order valence-corrected chi connectivity index (χ1v) is 12.8. The number of benzene rings is 2. The van der Waals surface area contributed by atoms with Crippen LogP contribution in [0.4, 0.5) is 5.82 Å². The molecular weight excluding hydrogens is 492 g/mol. The fraction of sp³-hybridized carbons (Fsp3) is 0.148. The summed E-state index contributed by atoms with van der Waals surface area (Å²) in [5.74, 6) is 0.254. The number of ether oxygens (including phenoxy) is 2. The molecule has 2 aromatic carbocycles. The van der Waals surface area contributed by atoms with E-state index in [0.717, 1.165) is 22.3 Å². The number of hydrogen-bond acceptors (Lipinski definition) is 8. The molecule has 190 valence electrons. The Labute approximate surface area is 215 Å². The number of aryl methyl sites for hydroxylation is 3. The Bertz CT molecular complexity index is 1560. The molecular formula is C27H26N4O5S. The predicted octanol–water partition coefficient (Wildman–Crippen LogP) is 4.57. The minimum Gasteiger partial charge on any atom is -0.497 e. The molecule has 1 amide bonds. The van der Waals surface area contributed by atoms with Crippen LogP contribution in [0.2, 0.25) is 0 Å². The average Bonchev–Trinajstić information content (AvgIpc) is 2.86. The molecule has 0 saturated carbocycles. The van der Waals surface area contributed by atoms with E-state index in [9.17, 15) is 13.2 Å². The Morgan fingerprint density at radius 2 is 1.59 bits per heavy atom. The van der Waals surface area contributed by atoms with E-state index in [1.165, 1.54) is 24.3 Å². The van der Waals surface area contributed by atoms with Crippen molar-refractivity contribution in [1.29, 1.82) is 0 Å². The van der Waals surface area contributed by atoms with Gasteiger partial charge in [-0.05, 0) is 80.4 Å². The highest BCUT2D eigenvalue weighted by molar-refractivity contribution is 7.90. The molecule has 10 heteroatoms. The van der Waals surface area contributed by atoms with Crippen LogP contribution in [0, 0.1) is 20.8 Å². The van der Waals surface area contributed by atoms with E-state index in [0.29, 0.717) is 17.2 Å². The average molecular weight is 519 g/mol. The summed E-state index contributed by atoms with van der Waals surface area (Å²) in [5, 5.41) is -0.378. The number of carbonyl (C=O) groups excluding carboxylic acids is 1. The minimum atomic E-state index is -4.30. The molecule has 2 heterocycles. The quantitative estimate of drug-likeness (QED) is 0.363. The summed E-state index contributed by atoms with van der Waals surface area (Å²) in [4.78, 5) is 21.6. The molecule has 9 nitrogen and oxygen atoms in total. The minimum absolute atomic E-state index is 0.00942. The van der Waals surface area contributed by atoms with E-state index in [1.54, 1.807) is 25.3 Å². The van der Waals surface area contributed by atoms with E-state index in [4.69, 9.17) is 15.2 Å². The van der Waals surface area contributed by atoms with Crippen LogP contribution < -0.4 is 19.9 Å². The van der Waals surface area contributed by atoms with Gasteiger partial charge in [-0.15, -0.1) is 0 Å². The van der Waals surface area contributed by atoms with Gasteiger partial charge >= 0.3 is 0 Å². The summed E-state index contributed by atoms with van der Waals surface area (Å²) in [6.07, 6.45) is 0. The number of nitrogens with two attached hydrogens (primary N) is 1.